The minimum absolute atomic E-state index is 0.0651. The molecular weight excluding hydrogens is 540 g/mol. The normalized spacial score (nSPS) is 10.9. The second kappa shape index (κ2) is 10.6. The molecule has 0 aliphatic rings. The maximum Gasteiger partial charge on any atom is 0.256 e. The van der Waals surface area contributed by atoms with Crippen LogP contribution in [0.3, 0.4) is 0 Å². The van der Waals surface area contributed by atoms with Crippen molar-refractivity contribution < 1.29 is 9.59 Å². The molecule has 4 nitrogen and oxygen atoms in total. The molecule has 1 heterocycles. The summed E-state index contributed by atoms with van der Waals surface area (Å²) in [6.07, 6.45) is 0. The fourth-order valence-corrected chi connectivity index (χ4v) is 6.04. The van der Waals surface area contributed by atoms with Gasteiger partial charge in [0.15, 0.2) is 10.1 Å². The summed E-state index contributed by atoms with van der Waals surface area (Å²) in [6, 6.07) is 30.8. The first-order valence-corrected chi connectivity index (χ1v) is 13.4. The van der Waals surface area contributed by atoms with E-state index in [4.69, 9.17) is 0 Å². The molecule has 35 heavy (non-hydrogen) atoms. The number of hydrogen-bond acceptors (Lipinski definition) is 5. The van der Waals surface area contributed by atoms with Crippen LogP contribution in [0.15, 0.2) is 106 Å². The van der Waals surface area contributed by atoms with Gasteiger partial charge in [-0.25, -0.2) is 4.98 Å². The number of fused-ring (bicyclic) bond motifs is 1. The van der Waals surface area contributed by atoms with Crippen LogP contribution >= 0.6 is 39.0 Å². The largest absolute Gasteiger partial charge is 0.322 e. The van der Waals surface area contributed by atoms with Crippen molar-refractivity contribution in [3.8, 4) is 11.1 Å². The number of carbonyl (C=O) groups is 2. The van der Waals surface area contributed by atoms with E-state index in [0.29, 0.717) is 22.6 Å². The molecule has 5 rings (SSSR count). The number of carbonyl (C=O) groups excluding carboxylic acids is 2. The molecule has 0 saturated carbocycles. The Balaban J connectivity index is 1.23. The number of halogens is 1. The number of nitrogens with zero attached hydrogens (tertiary/aromatic N) is 1. The summed E-state index contributed by atoms with van der Waals surface area (Å²) >= 11 is 6.36. The molecule has 0 saturated heterocycles. The van der Waals surface area contributed by atoms with Crippen molar-refractivity contribution in [3.05, 3.63) is 113 Å². The first-order valence-electron chi connectivity index (χ1n) is 10.8. The Morgan fingerprint density at radius 2 is 1.57 bits per heavy atom. The lowest BCUT2D eigenvalue weighted by Crippen LogP contribution is -2.12. The van der Waals surface area contributed by atoms with E-state index >= 15 is 0 Å². The fourth-order valence-electron chi connectivity index (χ4n) is 3.58. The van der Waals surface area contributed by atoms with Crippen LogP contribution < -0.4 is 5.32 Å². The molecule has 172 valence electrons. The predicted octanol–water partition coefficient (Wildman–Crippen LogP) is 7.95. The third-order valence-electron chi connectivity index (χ3n) is 5.39. The minimum Gasteiger partial charge on any atom is -0.322 e. The molecule has 0 aliphatic carbocycles. The number of ketones is 1. The minimum atomic E-state index is -0.181. The van der Waals surface area contributed by atoms with Crippen molar-refractivity contribution in [1.82, 2.24) is 4.98 Å². The molecule has 0 fully saturated rings. The van der Waals surface area contributed by atoms with Crippen LogP contribution in [-0.4, -0.2) is 22.4 Å². The standard InChI is InChI=1S/C28H19BrN2O2S2/c29-23-9-5-4-8-22(23)27(33)30-21-14-15-24-26(16-21)35-28(31-24)34-17-25(32)20-12-10-19(11-13-20)18-6-2-1-3-7-18/h1-16H,17H2,(H,30,33). The molecule has 5 aromatic rings. The molecule has 1 N–H and O–H groups in total. The lowest BCUT2D eigenvalue weighted by molar-refractivity contribution is 0.101. The zero-order chi connectivity index (χ0) is 24.2. The van der Waals surface area contributed by atoms with E-state index < -0.39 is 0 Å². The quantitative estimate of drug-likeness (QED) is 0.162. The third kappa shape index (κ3) is 5.53. The van der Waals surface area contributed by atoms with E-state index in [1.807, 2.05) is 78.9 Å². The van der Waals surface area contributed by atoms with Gasteiger partial charge < -0.3 is 5.32 Å². The van der Waals surface area contributed by atoms with Crippen molar-refractivity contribution in [2.45, 2.75) is 4.34 Å². The van der Waals surface area contributed by atoms with Crippen LogP contribution in [0.4, 0.5) is 5.69 Å². The van der Waals surface area contributed by atoms with Crippen LogP contribution in [0.2, 0.25) is 0 Å². The molecule has 0 spiro atoms. The predicted molar refractivity (Wildman–Crippen MR) is 149 cm³/mol. The number of nitrogens with one attached hydrogen (secondary N) is 1. The number of hydrogen-bond donors (Lipinski definition) is 1. The van der Waals surface area contributed by atoms with E-state index in [1.54, 1.807) is 6.07 Å². The SMILES string of the molecule is O=C(CSc1nc2ccc(NC(=O)c3ccccc3Br)cc2s1)c1ccc(-c2ccccc2)cc1. The second-order valence-electron chi connectivity index (χ2n) is 7.75. The highest BCUT2D eigenvalue weighted by atomic mass is 79.9. The van der Waals surface area contributed by atoms with Gasteiger partial charge in [-0.3, -0.25) is 9.59 Å². The van der Waals surface area contributed by atoms with Crippen molar-refractivity contribution >= 4 is 66.6 Å². The number of amides is 1. The number of thiazole rings is 1. The molecule has 1 amide bonds. The maximum atomic E-state index is 12.7. The Bertz CT molecular complexity index is 1520. The van der Waals surface area contributed by atoms with Gasteiger partial charge in [-0.2, -0.15) is 0 Å². The van der Waals surface area contributed by atoms with E-state index in [-0.39, 0.29) is 11.7 Å². The molecule has 0 unspecified atom stereocenters. The molecule has 1 aromatic heterocycles. The smallest absolute Gasteiger partial charge is 0.256 e. The summed E-state index contributed by atoms with van der Waals surface area (Å²) in [4.78, 5) is 30.0. The number of benzene rings is 4. The van der Waals surface area contributed by atoms with Crippen molar-refractivity contribution in [1.29, 1.82) is 0 Å². The average Bonchev–Trinajstić information content (AvgIpc) is 3.30. The highest BCUT2D eigenvalue weighted by molar-refractivity contribution is 9.10. The van der Waals surface area contributed by atoms with Gasteiger partial charge >= 0.3 is 0 Å². The van der Waals surface area contributed by atoms with Crippen LogP contribution in [0.5, 0.6) is 0 Å². The van der Waals surface area contributed by atoms with Gasteiger partial charge in [-0.1, -0.05) is 78.5 Å². The molecule has 0 radical (unpaired) electrons. The van der Waals surface area contributed by atoms with Crippen molar-refractivity contribution in [3.63, 3.8) is 0 Å². The van der Waals surface area contributed by atoms with Crippen molar-refractivity contribution in [2.24, 2.45) is 0 Å². The summed E-state index contributed by atoms with van der Waals surface area (Å²) in [5.41, 5.74) is 5.02. The zero-order valence-corrected chi connectivity index (χ0v) is 21.6. The van der Waals surface area contributed by atoms with E-state index in [0.717, 1.165) is 30.2 Å². The van der Waals surface area contributed by atoms with E-state index in [2.05, 4.69) is 38.4 Å². The Labute approximate surface area is 219 Å². The van der Waals surface area contributed by atoms with E-state index in [1.165, 1.54) is 23.1 Å². The highest BCUT2D eigenvalue weighted by Gasteiger charge is 2.13. The summed E-state index contributed by atoms with van der Waals surface area (Å²) in [5, 5.41) is 2.94. The van der Waals surface area contributed by atoms with Gasteiger partial charge in [-0.15, -0.1) is 11.3 Å². The van der Waals surface area contributed by atoms with Gasteiger partial charge in [0.1, 0.15) is 0 Å². The second-order valence-corrected chi connectivity index (χ2v) is 10.9. The third-order valence-corrected chi connectivity index (χ3v) is 8.24. The number of thioether (sulfide) groups is 1. The fraction of sp³-hybridized carbons (Fsp3) is 0.0357. The summed E-state index contributed by atoms with van der Waals surface area (Å²) < 4.78 is 2.52. The van der Waals surface area contributed by atoms with Gasteiger partial charge in [0.25, 0.3) is 5.91 Å². The highest BCUT2D eigenvalue weighted by Crippen LogP contribution is 2.32. The van der Waals surface area contributed by atoms with Gasteiger partial charge in [-0.05, 0) is 57.4 Å². The Hall–Kier alpha value is -3.26. The Kier molecular flexibility index (Phi) is 7.08. The first kappa shape index (κ1) is 23.5. The Morgan fingerprint density at radius 1 is 0.857 bits per heavy atom. The van der Waals surface area contributed by atoms with Crippen LogP contribution in [0, 0.1) is 0 Å². The van der Waals surface area contributed by atoms with Gasteiger partial charge in [0.05, 0.1) is 21.5 Å². The van der Waals surface area contributed by atoms with Crippen molar-refractivity contribution in [2.75, 3.05) is 11.1 Å². The number of rotatable bonds is 7. The summed E-state index contributed by atoms with van der Waals surface area (Å²) in [6.45, 7) is 0. The molecule has 4 aromatic carbocycles. The number of anilines is 1. The number of aromatic nitrogens is 1. The number of Topliss-reactive ketones (excluding diaryl/α,β-unsaturated/α-hetero) is 1. The Morgan fingerprint density at radius 3 is 2.34 bits per heavy atom. The van der Waals surface area contributed by atoms with Crippen LogP contribution in [0.1, 0.15) is 20.7 Å². The van der Waals surface area contributed by atoms with E-state index in [9.17, 15) is 9.59 Å². The van der Waals surface area contributed by atoms with Crippen LogP contribution in [-0.2, 0) is 0 Å². The average molecular weight is 560 g/mol. The maximum absolute atomic E-state index is 12.7. The lowest BCUT2D eigenvalue weighted by Gasteiger charge is -2.06. The van der Waals surface area contributed by atoms with Gasteiger partial charge in [0, 0.05) is 15.7 Å². The zero-order valence-electron chi connectivity index (χ0n) is 18.4. The molecule has 0 aliphatic heterocycles. The molecular formula is C28H19BrN2O2S2. The molecule has 0 bridgehead atoms. The first-order chi connectivity index (χ1) is 17.1. The topological polar surface area (TPSA) is 59.1 Å². The summed E-state index contributed by atoms with van der Waals surface area (Å²) in [5.74, 6) is 0.200. The summed E-state index contributed by atoms with van der Waals surface area (Å²) in [7, 11) is 0. The van der Waals surface area contributed by atoms with Crippen LogP contribution in [0.25, 0.3) is 21.3 Å². The van der Waals surface area contributed by atoms with Gasteiger partial charge in [0.2, 0.25) is 0 Å². The molecule has 0 atom stereocenters. The monoisotopic (exact) mass is 558 g/mol. The lowest BCUT2D eigenvalue weighted by atomic mass is 10.0. The molecule has 7 heteroatoms.